The second kappa shape index (κ2) is 4.89. The van der Waals surface area contributed by atoms with Crippen molar-refractivity contribution in [2.24, 2.45) is 0 Å². The Morgan fingerprint density at radius 1 is 1.11 bits per heavy atom. The van der Waals surface area contributed by atoms with Gasteiger partial charge in [-0.25, -0.2) is 9.97 Å². The lowest BCUT2D eigenvalue weighted by molar-refractivity contribution is -0.117. The first-order valence-corrected chi connectivity index (χ1v) is 6.43. The quantitative estimate of drug-likeness (QED) is 0.798. The maximum atomic E-state index is 11.7. The molecule has 0 atom stereocenters. The fourth-order valence-corrected chi connectivity index (χ4v) is 2.44. The van der Waals surface area contributed by atoms with Crippen LogP contribution < -0.4 is 15.1 Å². The minimum absolute atomic E-state index is 0.167. The van der Waals surface area contributed by atoms with Crippen LogP contribution in [0.2, 0.25) is 0 Å². The van der Waals surface area contributed by atoms with Gasteiger partial charge in [0, 0.05) is 45.2 Å². The Morgan fingerprint density at radius 2 is 1.89 bits per heavy atom. The van der Waals surface area contributed by atoms with Gasteiger partial charge in [-0.3, -0.25) is 9.69 Å². The van der Waals surface area contributed by atoms with Gasteiger partial charge < -0.3 is 10.2 Å². The first kappa shape index (κ1) is 11.4. The third-order valence-electron chi connectivity index (χ3n) is 3.43. The molecule has 3 heterocycles. The number of nitrogens with zero attached hydrogens (tertiary/aromatic N) is 4. The van der Waals surface area contributed by atoms with Gasteiger partial charge in [0.1, 0.15) is 18.0 Å². The molecule has 1 amide bonds. The average molecular weight is 247 g/mol. The van der Waals surface area contributed by atoms with E-state index < -0.39 is 0 Å². The lowest BCUT2D eigenvalue weighted by atomic mass is 10.3. The molecule has 0 saturated carbocycles. The van der Waals surface area contributed by atoms with E-state index in [2.05, 4.69) is 20.2 Å². The van der Waals surface area contributed by atoms with Crippen LogP contribution in [0.1, 0.15) is 12.8 Å². The predicted octanol–water partition coefficient (Wildman–Crippen LogP) is 0.0130. The van der Waals surface area contributed by atoms with Gasteiger partial charge in [0.25, 0.3) is 0 Å². The molecule has 0 unspecified atom stereocenters. The first-order chi connectivity index (χ1) is 8.84. The monoisotopic (exact) mass is 247 g/mol. The molecule has 3 rings (SSSR count). The fourth-order valence-electron chi connectivity index (χ4n) is 2.44. The Morgan fingerprint density at radius 3 is 2.61 bits per heavy atom. The van der Waals surface area contributed by atoms with E-state index in [1.807, 2.05) is 6.07 Å². The number of rotatable bonds is 2. The van der Waals surface area contributed by atoms with Crippen molar-refractivity contribution < 1.29 is 4.79 Å². The number of carbonyl (C=O) groups is 1. The van der Waals surface area contributed by atoms with Crippen LogP contribution >= 0.6 is 0 Å². The summed E-state index contributed by atoms with van der Waals surface area (Å²) < 4.78 is 0. The summed E-state index contributed by atoms with van der Waals surface area (Å²) in [6.07, 6.45) is 3.11. The zero-order valence-electron chi connectivity index (χ0n) is 10.3. The average Bonchev–Trinajstić information content (AvgIpc) is 2.86. The molecule has 1 aromatic rings. The summed E-state index contributed by atoms with van der Waals surface area (Å²) in [7, 11) is 0. The van der Waals surface area contributed by atoms with Crippen molar-refractivity contribution in [3.05, 3.63) is 12.4 Å². The number of nitrogens with one attached hydrogen (secondary N) is 1. The minimum atomic E-state index is 0.167. The summed E-state index contributed by atoms with van der Waals surface area (Å²) in [6.45, 7) is 4.62. The van der Waals surface area contributed by atoms with Crippen LogP contribution in [0.5, 0.6) is 0 Å². The van der Waals surface area contributed by atoms with Gasteiger partial charge in [-0.05, 0) is 6.42 Å². The van der Waals surface area contributed by atoms with Crippen molar-refractivity contribution in [1.29, 1.82) is 0 Å². The molecule has 2 aliphatic heterocycles. The van der Waals surface area contributed by atoms with E-state index in [1.165, 1.54) is 0 Å². The zero-order chi connectivity index (χ0) is 12.4. The number of carbonyl (C=O) groups excluding carboxylic acids is 1. The van der Waals surface area contributed by atoms with Crippen LogP contribution in [0.4, 0.5) is 11.6 Å². The molecule has 1 N–H and O–H groups in total. The van der Waals surface area contributed by atoms with Crippen LogP contribution in [0, 0.1) is 0 Å². The molecule has 2 fully saturated rings. The fraction of sp³-hybridized carbons (Fsp3) is 0.583. The molecule has 96 valence electrons. The molecule has 6 heteroatoms. The SMILES string of the molecule is O=C1CCCN1c1cc(N2CCNCC2)ncn1. The molecule has 6 nitrogen and oxygen atoms in total. The highest BCUT2D eigenvalue weighted by Gasteiger charge is 2.23. The Hall–Kier alpha value is -1.69. The minimum Gasteiger partial charge on any atom is -0.354 e. The Balaban J connectivity index is 1.82. The molecule has 0 aliphatic carbocycles. The van der Waals surface area contributed by atoms with Crippen molar-refractivity contribution >= 4 is 17.5 Å². The second-order valence-electron chi connectivity index (χ2n) is 4.62. The first-order valence-electron chi connectivity index (χ1n) is 6.43. The zero-order valence-corrected chi connectivity index (χ0v) is 10.3. The second-order valence-corrected chi connectivity index (χ2v) is 4.62. The van der Waals surface area contributed by atoms with E-state index in [0.29, 0.717) is 6.42 Å². The van der Waals surface area contributed by atoms with Gasteiger partial charge in [0.15, 0.2) is 0 Å². The van der Waals surface area contributed by atoms with Crippen LogP contribution in [-0.2, 0) is 4.79 Å². The highest BCUT2D eigenvalue weighted by molar-refractivity contribution is 5.94. The van der Waals surface area contributed by atoms with Gasteiger partial charge in [-0.15, -0.1) is 0 Å². The van der Waals surface area contributed by atoms with Crippen molar-refractivity contribution in [2.75, 3.05) is 42.5 Å². The van der Waals surface area contributed by atoms with Crippen molar-refractivity contribution in [3.63, 3.8) is 0 Å². The number of amides is 1. The van der Waals surface area contributed by atoms with Crippen molar-refractivity contribution in [1.82, 2.24) is 15.3 Å². The molecule has 2 aliphatic rings. The summed E-state index contributed by atoms with van der Waals surface area (Å²) in [5, 5.41) is 3.31. The summed E-state index contributed by atoms with van der Waals surface area (Å²) in [5.74, 6) is 1.82. The number of anilines is 2. The van der Waals surface area contributed by atoms with Crippen LogP contribution in [0.15, 0.2) is 12.4 Å². The molecule has 18 heavy (non-hydrogen) atoms. The largest absolute Gasteiger partial charge is 0.354 e. The van der Waals surface area contributed by atoms with Gasteiger partial charge in [-0.2, -0.15) is 0 Å². The van der Waals surface area contributed by atoms with Crippen molar-refractivity contribution in [2.45, 2.75) is 12.8 Å². The van der Waals surface area contributed by atoms with Crippen LogP contribution in [-0.4, -0.2) is 48.6 Å². The Bertz CT molecular complexity index is 444. The van der Waals surface area contributed by atoms with Gasteiger partial charge in [-0.1, -0.05) is 0 Å². The standard InChI is InChI=1S/C12H17N5O/c18-12-2-1-5-17(12)11-8-10(14-9-15-11)16-6-3-13-4-7-16/h8-9,13H,1-7H2. The molecule has 0 radical (unpaired) electrons. The van der Waals surface area contributed by atoms with Crippen molar-refractivity contribution in [3.8, 4) is 0 Å². The number of hydrogen-bond acceptors (Lipinski definition) is 5. The normalized spacial score (nSPS) is 20.6. The summed E-state index contributed by atoms with van der Waals surface area (Å²) >= 11 is 0. The number of hydrogen-bond donors (Lipinski definition) is 1. The predicted molar refractivity (Wildman–Crippen MR) is 68.7 cm³/mol. The number of aromatic nitrogens is 2. The van der Waals surface area contributed by atoms with Gasteiger partial charge in [0.2, 0.25) is 5.91 Å². The van der Waals surface area contributed by atoms with Crippen LogP contribution in [0.25, 0.3) is 0 Å². The highest BCUT2D eigenvalue weighted by Crippen LogP contribution is 2.22. The van der Waals surface area contributed by atoms with E-state index in [1.54, 1.807) is 11.2 Å². The van der Waals surface area contributed by atoms with Gasteiger partial charge >= 0.3 is 0 Å². The summed E-state index contributed by atoms with van der Waals surface area (Å²) in [6, 6.07) is 1.93. The number of piperazine rings is 1. The lowest BCUT2D eigenvalue weighted by Gasteiger charge is -2.28. The van der Waals surface area contributed by atoms with Crippen LogP contribution in [0.3, 0.4) is 0 Å². The van der Waals surface area contributed by atoms with E-state index in [4.69, 9.17) is 0 Å². The maximum Gasteiger partial charge on any atom is 0.228 e. The van der Waals surface area contributed by atoms with E-state index in [9.17, 15) is 4.79 Å². The molecule has 1 aromatic heterocycles. The topological polar surface area (TPSA) is 61.4 Å². The third-order valence-corrected chi connectivity index (χ3v) is 3.43. The smallest absolute Gasteiger partial charge is 0.228 e. The molecule has 0 aromatic carbocycles. The molecular weight excluding hydrogens is 230 g/mol. The Labute approximate surface area is 106 Å². The van der Waals surface area contributed by atoms with E-state index in [0.717, 1.165) is 50.8 Å². The van der Waals surface area contributed by atoms with E-state index >= 15 is 0 Å². The lowest BCUT2D eigenvalue weighted by Crippen LogP contribution is -2.44. The van der Waals surface area contributed by atoms with E-state index in [-0.39, 0.29) is 5.91 Å². The van der Waals surface area contributed by atoms with Gasteiger partial charge in [0.05, 0.1) is 0 Å². The third kappa shape index (κ3) is 2.15. The molecular formula is C12H17N5O. The molecule has 0 bridgehead atoms. The summed E-state index contributed by atoms with van der Waals surface area (Å²) in [4.78, 5) is 24.2. The Kier molecular flexibility index (Phi) is 3.10. The maximum absolute atomic E-state index is 11.7. The highest BCUT2D eigenvalue weighted by atomic mass is 16.2. The molecule has 0 spiro atoms. The summed E-state index contributed by atoms with van der Waals surface area (Å²) in [5.41, 5.74) is 0. The molecule has 2 saturated heterocycles.